The zero-order valence-electron chi connectivity index (χ0n) is 11.1. The zero-order chi connectivity index (χ0) is 14.9. The molecule has 0 aromatic carbocycles. The van der Waals surface area contributed by atoms with Gasteiger partial charge >= 0.3 is 0 Å². The lowest BCUT2D eigenvalue weighted by Crippen LogP contribution is -2.38. The lowest BCUT2D eigenvalue weighted by molar-refractivity contribution is -0.128. The second kappa shape index (κ2) is 6.72. The van der Waals surface area contributed by atoms with Gasteiger partial charge in [-0.25, -0.2) is 8.42 Å². The second-order valence-electron chi connectivity index (χ2n) is 5.88. The molecule has 3 atom stereocenters. The van der Waals surface area contributed by atoms with Crippen LogP contribution in [-0.4, -0.2) is 30.2 Å². The number of carbonyl (C=O) groups excluding carboxylic acids is 1. The van der Waals surface area contributed by atoms with Crippen molar-refractivity contribution in [3.05, 3.63) is 0 Å². The summed E-state index contributed by atoms with van der Waals surface area (Å²) < 4.78 is 22.6. The van der Waals surface area contributed by atoms with Crippen LogP contribution in [0.15, 0.2) is 0 Å². The molecule has 0 aromatic heterocycles. The second-order valence-corrected chi connectivity index (χ2v) is 9.97. The molecule has 2 rings (SSSR count). The Balaban J connectivity index is 1.94. The van der Waals surface area contributed by atoms with E-state index in [0.717, 1.165) is 12.8 Å². The monoisotopic (exact) mass is 360 g/mol. The fourth-order valence-electron chi connectivity index (χ4n) is 3.31. The summed E-state index contributed by atoms with van der Waals surface area (Å²) in [5, 5.41) is -0.613. The Morgan fingerprint density at radius 3 is 2.10 bits per heavy atom. The number of carbonyl (C=O) groups is 1. The van der Waals surface area contributed by atoms with Crippen LogP contribution in [-0.2, 0) is 13.8 Å². The minimum atomic E-state index is -3.51. The van der Waals surface area contributed by atoms with Crippen molar-refractivity contribution in [2.24, 2.45) is 11.8 Å². The highest BCUT2D eigenvalue weighted by Crippen LogP contribution is 2.38. The summed E-state index contributed by atoms with van der Waals surface area (Å²) in [6.45, 7) is 0. The van der Waals surface area contributed by atoms with Gasteiger partial charge in [0.05, 0.1) is 5.25 Å². The molecule has 20 heavy (non-hydrogen) atoms. The molecule has 0 aliphatic heterocycles. The molecule has 0 radical (unpaired) electrons. The Kier molecular flexibility index (Phi) is 5.66. The maximum absolute atomic E-state index is 12.5. The van der Waals surface area contributed by atoms with Gasteiger partial charge in [-0.05, 0) is 44.9 Å². The minimum Gasteiger partial charge on any atom is -0.299 e. The molecule has 0 heterocycles. The van der Waals surface area contributed by atoms with Gasteiger partial charge < -0.3 is 0 Å². The Morgan fingerprint density at radius 1 is 0.950 bits per heavy atom. The average molecular weight is 362 g/mol. The smallest absolute Gasteiger partial charge is 0.235 e. The highest BCUT2D eigenvalue weighted by atomic mass is 35.7. The zero-order valence-corrected chi connectivity index (χ0v) is 14.2. The summed E-state index contributed by atoms with van der Waals surface area (Å²) in [7, 11) is 1.87. The van der Waals surface area contributed by atoms with Crippen LogP contribution in [0.25, 0.3) is 0 Å². The Hall–Kier alpha value is 0.490. The van der Waals surface area contributed by atoms with Gasteiger partial charge in [-0.1, -0.05) is 0 Å². The first kappa shape index (κ1) is 16.9. The molecule has 0 aromatic rings. The van der Waals surface area contributed by atoms with Crippen LogP contribution in [0.4, 0.5) is 0 Å². The number of hydrogen-bond acceptors (Lipinski definition) is 3. The van der Waals surface area contributed by atoms with E-state index in [-0.39, 0.29) is 28.4 Å². The molecule has 2 fully saturated rings. The maximum Gasteiger partial charge on any atom is 0.235 e. The Morgan fingerprint density at radius 2 is 1.55 bits per heavy atom. The third-order valence-corrected chi connectivity index (χ3v) is 7.48. The van der Waals surface area contributed by atoms with Crippen LogP contribution in [0.5, 0.6) is 0 Å². The van der Waals surface area contributed by atoms with Gasteiger partial charge in [-0.2, -0.15) is 0 Å². The van der Waals surface area contributed by atoms with Gasteiger partial charge in [-0.15, -0.1) is 23.2 Å². The normalized spacial score (nSPS) is 39.5. The van der Waals surface area contributed by atoms with Gasteiger partial charge in [-0.3, -0.25) is 4.79 Å². The lowest BCUT2D eigenvalue weighted by Gasteiger charge is -2.33. The summed E-state index contributed by atoms with van der Waals surface area (Å²) in [4.78, 5) is 12.5. The fraction of sp³-hybridized carbons (Fsp3) is 0.923. The van der Waals surface area contributed by atoms with Crippen LogP contribution in [0.1, 0.15) is 44.9 Å². The number of Topliss-reactive ketones (excluding diaryl/α,β-unsaturated/α-hetero) is 1. The molecular weight excluding hydrogens is 343 g/mol. The molecule has 0 saturated heterocycles. The number of rotatable bonds is 3. The van der Waals surface area contributed by atoms with E-state index in [1.54, 1.807) is 0 Å². The van der Waals surface area contributed by atoms with E-state index in [9.17, 15) is 13.2 Å². The third kappa shape index (κ3) is 4.02. The molecule has 3 nitrogen and oxygen atoms in total. The van der Waals surface area contributed by atoms with E-state index in [1.807, 2.05) is 0 Å². The molecule has 0 spiro atoms. The molecule has 0 N–H and O–H groups in total. The topological polar surface area (TPSA) is 51.2 Å². The van der Waals surface area contributed by atoms with Crippen molar-refractivity contribution in [1.82, 2.24) is 0 Å². The molecular formula is C13H19Cl3O3S. The number of halogens is 3. The molecule has 7 heteroatoms. The van der Waals surface area contributed by atoms with Crippen molar-refractivity contribution < 1.29 is 13.2 Å². The van der Waals surface area contributed by atoms with Crippen molar-refractivity contribution in [2.45, 2.75) is 60.9 Å². The first-order valence-electron chi connectivity index (χ1n) is 7.04. The molecule has 2 aliphatic carbocycles. The van der Waals surface area contributed by atoms with Crippen LogP contribution < -0.4 is 0 Å². The average Bonchev–Trinajstić information content (AvgIpc) is 2.40. The summed E-state index contributed by atoms with van der Waals surface area (Å²) in [6, 6.07) is 0. The van der Waals surface area contributed by atoms with Crippen molar-refractivity contribution in [2.75, 3.05) is 0 Å². The molecule has 0 amide bonds. The van der Waals surface area contributed by atoms with E-state index in [1.165, 1.54) is 0 Å². The summed E-state index contributed by atoms with van der Waals surface area (Å²) in [5.74, 6) is -0.0965. The first-order valence-corrected chi connectivity index (χ1v) is 10.3. The van der Waals surface area contributed by atoms with E-state index in [4.69, 9.17) is 33.9 Å². The summed E-state index contributed by atoms with van der Waals surface area (Å²) >= 11 is 12.4. The maximum atomic E-state index is 12.5. The van der Waals surface area contributed by atoms with Crippen LogP contribution >= 0.6 is 33.9 Å². The molecule has 2 aliphatic rings. The van der Waals surface area contributed by atoms with Gasteiger partial charge in [0.1, 0.15) is 5.78 Å². The third-order valence-electron chi connectivity index (χ3n) is 4.54. The minimum absolute atomic E-state index is 0.0264. The van der Waals surface area contributed by atoms with E-state index >= 15 is 0 Å². The van der Waals surface area contributed by atoms with Crippen LogP contribution in [0, 0.1) is 11.8 Å². The standard InChI is InChI=1S/C13H19Cl3O3S/c14-9-3-6-12(15)11(7-9)13(17)8-1-4-10(5-2-8)20(16,18)19/h8-12H,1-7H2. The highest BCUT2D eigenvalue weighted by Gasteiger charge is 2.39. The van der Waals surface area contributed by atoms with Crippen LogP contribution in [0.3, 0.4) is 0 Å². The van der Waals surface area contributed by atoms with Crippen molar-refractivity contribution in [3.63, 3.8) is 0 Å². The SMILES string of the molecule is O=C(C1CCC(S(=O)(=O)Cl)CC1)C1CC(Cl)CCC1Cl. The van der Waals surface area contributed by atoms with Gasteiger partial charge in [0, 0.05) is 33.3 Å². The number of hydrogen-bond donors (Lipinski definition) is 0. The molecule has 116 valence electrons. The number of ketones is 1. The predicted molar refractivity (Wildman–Crippen MR) is 82.1 cm³/mol. The first-order chi connectivity index (χ1) is 9.29. The molecule has 2 saturated carbocycles. The van der Waals surface area contributed by atoms with Crippen molar-refractivity contribution >= 4 is 48.7 Å². The highest BCUT2D eigenvalue weighted by molar-refractivity contribution is 8.14. The largest absolute Gasteiger partial charge is 0.299 e. The van der Waals surface area contributed by atoms with Gasteiger partial charge in [0.2, 0.25) is 9.05 Å². The molecule has 0 bridgehead atoms. The van der Waals surface area contributed by atoms with Gasteiger partial charge in [0.25, 0.3) is 0 Å². The van der Waals surface area contributed by atoms with E-state index < -0.39 is 14.3 Å². The number of alkyl halides is 2. The Bertz CT molecular complexity index is 457. The summed E-state index contributed by atoms with van der Waals surface area (Å²) in [6.07, 6.45) is 4.38. The van der Waals surface area contributed by atoms with E-state index in [0.29, 0.717) is 32.1 Å². The van der Waals surface area contributed by atoms with Crippen molar-refractivity contribution in [1.29, 1.82) is 0 Å². The van der Waals surface area contributed by atoms with Crippen LogP contribution in [0.2, 0.25) is 0 Å². The summed E-state index contributed by atoms with van der Waals surface area (Å²) in [5.41, 5.74) is 0. The fourth-order valence-corrected chi connectivity index (χ4v) is 5.35. The molecule has 3 unspecified atom stereocenters. The van der Waals surface area contributed by atoms with E-state index in [2.05, 4.69) is 0 Å². The van der Waals surface area contributed by atoms with Gasteiger partial charge in [0.15, 0.2) is 0 Å². The quantitative estimate of drug-likeness (QED) is 0.569. The lowest BCUT2D eigenvalue weighted by atomic mass is 9.76. The Labute approximate surface area is 134 Å². The predicted octanol–water partition coefficient (Wildman–Crippen LogP) is 3.70. The van der Waals surface area contributed by atoms with Crippen molar-refractivity contribution in [3.8, 4) is 0 Å².